The number of alkyl halides is 3. The van der Waals surface area contributed by atoms with Crippen molar-refractivity contribution in [3.8, 4) is 28.0 Å². The van der Waals surface area contributed by atoms with E-state index in [9.17, 15) is 42.7 Å². The average molecular weight is 1100 g/mol. The van der Waals surface area contributed by atoms with Crippen molar-refractivity contribution in [3.05, 3.63) is 124 Å². The number of thiocarbonyl (C=S) groups is 1. The second-order valence-corrected chi connectivity index (χ2v) is 21.2. The van der Waals surface area contributed by atoms with E-state index in [1.54, 1.807) is 71.6 Å². The molecule has 0 saturated carbocycles. The zero-order chi connectivity index (χ0) is 55.5. The number of nitrogens with zero attached hydrogens (tertiary/aromatic N) is 6. The molecule has 1 aromatic heterocycles. The number of thiazole rings is 1. The second kappa shape index (κ2) is 23.3. The number of halogens is 3. The Morgan fingerprint density at radius 2 is 1.61 bits per heavy atom. The van der Waals surface area contributed by atoms with Crippen molar-refractivity contribution in [2.45, 2.75) is 110 Å². The molecule has 5 atom stereocenters. The van der Waals surface area contributed by atoms with E-state index in [4.69, 9.17) is 31.2 Å². The number of carbonyl (C=O) groups is 4. The fraction of sp³-hybridized carbons (Fsp3) is 0.411. The Morgan fingerprint density at radius 1 is 0.935 bits per heavy atom. The SMILES string of the molecule is Cc1ncsc1-c1ccc(CNC(=O)[C@@H]2C[C@@H](O)CN2C(=O)[C@H](C(C)C)N2Cc3ccccc3C2=O)c(OCCO[C@H](C)[C@@H](C)OCCOc2ccc(N3C(=S)N(c4ccc(C#N)c(C(F)(F)F)c4)C(=O)C3(C)C)cc2)c1. The standard InChI is InChI=1S/C56H60F3N7O9S2/c1-32(2)48(64-29-39-10-8-9-11-44(39)51(64)69)52(70)63-30-42(67)26-46(63)50(68)61-28-38-13-12-36(49-33(3)62-31-77-49)24-47(38)75-23-21-73-35(5)34(4)72-20-22-74-43-18-16-40(17-19-43)66-54(76)65(53(71)55(66,6)7)41-15-14-37(27-60)45(25-41)56(57,58)59/h8-19,24-25,31-32,34-35,42,46,48,67H,20-23,26,28-30H2,1-7H3,(H,61,68)/t34-,35-,42-,46+,48+/m1/s1. The average Bonchev–Trinajstić information content (AvgIpc) is 4.20. The van der Waals surface area contributed by atoms with Crippen LogP contribution in [-0.4, -0.2) is 118 Å². The first-order chi connectivity index (χ1) is 36.6. The van der Waals surface area contributed by atoms with Crippen LogP contribution < -0.4 is 24.6 Å². The van der Waals surface area contributed by atoms with Crippen molar-refractivity contribution < 1.29 is 56.4 Å². The molecule has 21 heteroatoms. The number of rotatable bonds is 20. The fourth-order valence-electron chi connectivity index (χ4n) is 9.81. The highest BCUT2D eigenvalue weighted by atomic mass is 32.1. The van der Waals surface area contributed by atoms with Crippen LogP contribution in [0.4, 0.5) is 24.5 Å². The van der Waals surface area contributed by atoms with E-state index < -0.39 is 52.8 Å². The maximum absolute atomic E-state index is 14.3. The van der Waals surface area contributed by atoms with E-state index in [-0.39, 0.29) is 93.2 Å². The Kier molecular flexibility index (Phi) is 17.0. The number of β-amino-alcohol motifs (C(OH)–C–C–N with tert-alkyl or cyclic N) is 1. The summed E-state index contributed by atoms with van der Waals surface area (Å²) in [4.78, 5) is 66.3. The molecule has 8 rings (SSSR count). The van der Waals surface area contributed by atoms with Crippen molar-refractivity contribution in [3.63, 3.8) is 0 Å². The number of carbonyl (C=O) groups excluding carboxylic acids is 4. The van der Waals surface area contributed by atoms with Crippen LogP contribution in [0, 0.1) is 24.2 Å². The van der Waals surface area contributed by atoms with Gasteiger partial charge in [0.2, 0.25) is 11.8 Å². The van der Waals surface area contributed by atoms with Gasteiger partial charge in [0.1, 0.15) is 42.3 Å². The highest BCUT2D eigenvalue weighted by Gasteiger charge is 2.51. The third-order valence-electron chi connectivity index (χ3n) is 14.0. The number of aliphatic hydroxyl groups excluding tert-OH is 1. The number of anilines is 2. The Morgan fingerprint density at radius 3 is 2.25 bits per heavy atom. The third kappa shape index (κ3) is 12.0. The van der Waals surface area contributed by atoms with Crippen LogP contribution in [0.1, 0.15) is 86.3 Å². The summed E-state index contributed by atoms with van der Waals surface area (Å²) in [5.41, 5.74) is 3.01. The summed E-state index contributed by atoms with van der Waals surface area (Å²) < 4.78 is 65.8. The molecular weight excluding hydrogens is 1040 g/mol. The van der Waals surface area contributed by atoms with Gasteiger partial charge in [0.15, 0.2) is 5.11 Å². The lowest BCUT2D eigenvalue weighted by atomic mass is 10.0. The predicted octanol–water partition coefficient (Wildman–Crippen LogP) is 8.45. The van der Waals surface area contributed by atoms with Crippen molar-refractivity contribution in [1.82, 2.24) is 20.1 Å². The molecule has 2 N–H and O–H groups in total. The molecule has 2 fully saturated rings. The summed E-state index contributed by atoms with van der Waals surface area (Å²) in [5.74, 6) is -0.839. The van der Waals surface area contributed by atoms with Gasteiger partial charge in [-0.1, -0.05) is 44.2 Å². The van der Waals surface area contributed by atoms with Gasteiger partial charge >= 0.3 is 6.18 Å². The van der Waals surface area contributed by atoms with E-state index in [1.165, 1.54) is 22.3 Å². The number of nitrogens with one attached hydrogen (secondary N) is 1. The number of amides is 4. The Labute approximate surface area is 454 Å². The van der Waals surface area contributed by atoms with E-state index >= 15 is 0 Å². The van der Waals surface area contributed by atoms with Gasteiger partial charge in [-0.05, 0) is 118 Å². The fourth-order valence-corrected chi connectivity index (χ4v) is 11.1. The first-order valence-electron chi connectivity index (χ1n) is 25.2. The lowest BCUT2D eigenvalue weighted by Crippen LogP contribution is -2.55. The number of aryl methyl sites for hydroxylation is 1. The summed E-state index contributed by atoms with van der Waals surface area (Å²) >= 11 is 7.15. The lowest BCUT2D eigenvalue weighted by Gasteiger charge is -2.35. The molecule has 4 amide bonds. The van der Waals surface area contributed by atoms with E-state index in [2.05, 4.69) is 10.3 Å². The van der Waals surface area contributed by atoms with Crippen molar-refractivity contribution in [1.29, 1.82) is 5.26 Å². The number of hydrogen-bond donors (Lipinski definition) is 2. The summed E-state index contributed by atoms with van der Waals surface area (Å²) in [6.45, 7) is 13.7. The normalized spacial score (nSPS) is 18.4. The largest absolute Gasteiger partial charge is 0.491 e. The third-order valence-corrected chi connectivity index (χ3v) is 15.4. The maximum atomic E-state index is 14.3. The van der Waals surface area contributed by atoms with Gasteiger partial charge in [-0.25, -0.2) is 4.98 Å². The Bertz CT molecular complexity index is 3070. The molecule has 0 bridgehead atoms. The number of ether oxygens (including phenoxy) is 4. The van der Waals surface area contributed by atoms with Crippen LogP contribution in [0.25, 0.3) is 10.4 Å². The van der Waals surface area contributed by atoms with Crippen LogP contribution in [0.3, 0.4) is 0 Å². The molecular formula is C56H60F3N7O9S2. The molecule has 0 radical (unpaired) electrons. The molecule has 0 aliphatic carbocycles. The summed E-state index contributed by atoms with van der Waals surface area (Å²) in [6, 6.07) is 22.5. The van der Waals surface area contributed by atoms with Gasteiger partial charge in [0.05, 0.1) is 70.5 Å². The predicted molar refractivity (Wildman–Crippen MR) is 286 cm³/mol. The van der Waals surface area contributed by atoms with Crippen LogP contribution >= 0.6 is 23.6 Å². The molecule has 2 saturated heterocycles. The van der Waals surface area contributed by atoms with Gasteiger partial charge in [0.25, 0.3) is 11.8 Å². The van der Waals surface area contributed by atoms with E-state index in [1.807, 2.05) is 65.0 Å². The first-order valence-corrected chi connectivity index (χ1v) is 26.5. The minimum absolute atomic E-state index is 0.0223. The molecule has 4 aromatic carbocycles. The molecule has 77 heavy (non-hydrogen) atoms. The molecule has 16 nitrogen and oxygen atoms in total. The molecule has 3 aliphatic heterocycles. The van der Waals surface area contributed by atoms with Crippen LogP contribution in [0.15, 0.2) is 90.4 Å². The molecule has 0 unspecified atom stereocenters. The van der Waals surface area contributed by atoms with Crippen molar-refractivity contribution in [2.75, 3.05) is 42.8 Å². The van der Waals surface area contributed by atoms with Gasteiger partial charge in [0, 0.05) is 42.9 Å². The van der Waals surface area contributed by atoms with Crippen LogP contribution in [-0.2, 0) is 43.1 Å². The summed E-state index contributed by atoms with van der Waals surface area (Å²) in [6.07, 6.45) is -6.36. The van der Waals surface area contributed by atoms with Crippen molar-refractivity contribution in [2.24, 2.45) is 5.92 Å². The maximum Gasteiger partial charge on any atom is 0.417 e. The highest BCUT2D eigenvalue weighted by Crippen LogP contribution is 2.41. The molecule has 4 heterocycles. The van der Waals surface area contributed by atoms with Gasteiger partial charge in [-0.15, -0.1) is 11.3 Å². The van der Waals surface area contributed by atoms with Gasteiger partial charge in [-0.3, -0.25) is 24.1 Å². The summed E-state index contributed by atoms with van der Waals surface area (Å²) in [7, 11) is 0. The number of benzene rings is 4. The van der Waals surface area contributed by atoms with Crippen molar-refractivity contribution >= 4 is 63.7 Å². The lowest BCUT2D eigenvalue weighted by molar-refractivity contribution is -0.143. The zero-order valence-corrected chi connectivity index (χ0v) is 45.3. The molecule has 5 aromatic rings. The molecule has 406 valence electrons. The Balaban J connectivity index is 0.822. The number of aromatic nitrogens is 1. The number of aliphatic hydroxyl groups is 1. The number of fused-ring (bicyclic) bond motifs is 1. The van der Waals surface area contributed by atoms with Crippen LogP contribution in [0.5, 0.6) is 11.5 Å². The highest BCUT2D eigenvalue weighted by molar-refractivity contribution is 7.81. The topological polar surface area (TPSA) is 187 Å². The Hall–Kier alpha value is -6.96. The number of hydrogen-bond acceptors (Lipinski definition) is 13. The zero-order valence-electron chi connectivity index (χ0n) is 43.6. The number of likely N-dealkylation sites (tertiary alicyclic amines) is 1. The van der Waals surface area contributed by atoms with Gasteiger partial charge in [-0.2, -0.15) is 18.4 Å². The first kappa shape index (κ1) is 56.2. The second-order valence-electron chi connectivity index (χ2n) is 20.0. The van der Waals surface area contributed by atoms with Crippen LogP contribution in [0.2, 0.25) is 0 Å². The smallest absolute Gasteiger partial charge is 0.417 e. The van der Waals surface area contributed by atoms with Gasteiger partial charge < -0.3 is 44.1 Å². The quantitative estimate of drug-likeness (QED) is 0.0559. The van der Waals surface area contributed by atoms with E-state index in [0.717, 1.165) is 38.7 Å². The van der Waals surface area contributed by atoms with E-state index in [0.29, 0.717) is 28.3 Å². The minimum atomic E-state index is -4.82. The number of nitriles is 1. The minimum Gasteiger partial charge on any atom is -0.491 e. The monoisotopic (exact) mass is 1100 g/mol. The molecule has 3 aliphatic rings. The summed E-state index contributed by atoms with van der Waals surface area (Å²) in [5, 5.41) is 23.0. The molecule has 0 spiro atoms.